The summed E-state index contributed by atoms with van der Waals surface area (Å²) in [6.07, 6.45) is 1.73. The van der Waals surface area contributed by atoms with Crippen LogP contribution in [-0.4, -0.2) is 35.3 Å². The highest BCUT2D eigenvalue weighted by Crippen LogP contribution is 2.18. The van der Waals surface area contributed by atoms with Crippen molar-refractivity contribution in [2.24, 2.45) is 0 Å². The second kappa shape index (κ2) is 8.28. The number of halogens is 1. The van der Waals surface area contributed by atoms with E-state index in [-0.39, 0.29) is 35.4 Å². The van der Waals surface area contributed by atoms with Gasteiger partial charge in [-0.2, -0.15) is 0 Å². The maximum absolute atomic E-state index is 12.2. The van der Waals surface area contributed by atoms with Crippen molar-refractivity contribution < 1.29 is 17.6 Å². The number of hydrogen-bond donors (Lipinski definition) is 1. The Hall–Kier alpha value is -2.78. The summed E-state index contributed by atoms with van der Waals surface area (Å²) in [5.74, 6) is -0.404. The first-order chi connectivity index (χ1) is 12.9. The van der Waals surface area contributed by atoms with E-state index in [4.69, 9.17) is 16.0 Å². The Morgan fingerprint density at radius 1 is 1.11 bits per heavy atom. The molecule has 0 unspecified atom stereocenters. The maximum atomic E-state index is 12.2. The fourth-order valence-electron chi connectivity index (χ4n) is 2.23. The number of nitrogens with zero attached hydrogens (tertiary/aromatic N) is 3. The van der Waals surface area contributed by atoms with E-state index in [1.807, 2.05) is 0 Å². The number of nitrogens with one attached hydrogen (secondary N) is 1. The van der Waals surface area contributed by atoms with Crippen molar-refractivity contribution in [2.45, 2.75) is 17.7 Å². The summed E-state index contributed by atoms with van der Waals surface area (Å²) in [5.41, 5.74) is 0.486. The van der Waals surface area contributed by atoms with Gasteiger partial charge in [0.2, 0.25) is 5.91 Å². The molecule has 1 aromatic carbocycles. The molecule has 0 radical (unpaired) electrons. The van der Waals surface area contributed by atoms with Gasteiger partial charge in [-0.25, -0.2) is 8.42 Å². The average Bonchev–Trinajstić information content (AvgIpc) is 3.11. The van der Waals surface area contributed by atoms with Gasteiger partial charge in [0.15, 0.2) is 9.84 Å². The highest BCUT2D eigenvalue weighted by Gasteiger charge is 2.16. The Balaban J connectivity index is 1.51. The quantitative estimate of drug-likeness (QED) is 0.641. The molecule has 0 saturated carbocycles. The van der Waals surface area contributed by atoms with Crippen molar-refractivity contribution in [3.05, 3.63) is 53.7 Å². The van der Waals surface area contributed by atoms with Crippen LogP contribution in [0.1, 0.15) is 12.8 Å². The van der Waals surface area contributed by atoms with Gasteiger partial charge in [-0.1, -0.05) is 22.8 Å². The third kappa shape index (κ3) is 5.11. The lowest BCUT2D eigenvalue weighted by Crippen LogP contribution is -2.14. The topological polar surface area (TPSA) is 115 Å². The lowest BCUT2D eigenvalue weighted by Gasteiger charge is -2.04. The normalized spacial score (nSPS) is 11.3. The molecule has 0 atom stereocenters. The summed E-state index contributed by atoms with van der Waals surface area (Å²) in [6.45, 7) is 0. The summed E-state index contributed by atoms with van der Waals surface area (Å²) in [4.78, 5) is 16.2. The predicted octanol–water partition coefficient (Wildman–Crippen LogP) is 2.98. The molecule has 0 fully saturated rings. The molecule has 27 heavy (non-hydrogen) atoms. The number of amides is 1. The van der Waals surface area contributed by atoms with Crippen LogP contribution in [0.25, 0.3) is 11.6 Å². The van der Waals surface area contributed by atoms with Crippen molar-refractivity contribution in [1.29, 1.82) is 0 Å². The van der Waals surface area contributed by atoms with Crippen molar-refractivity contribution in [2.75, 3.05) is 11.1 Å². The van der Waals surface area contributed by atoms with Gasteiger partial charge in [-0.3, -0.25) is 15.1 Å². The molecule has 3 rings (SSSR count). The fraction of sp³-hybridized carbons (Fsp3) is 0.176. The first-order valence-corrected chi connectivity index (χ1v) is 10.0. The van der Waals surface area contributed by atoms with Crippen LogP contribution in [0, 0.1) is 0 Å². The van der Waals surface area contributed by atoms with E-state index < -0.39 is 15.7 Å². The third-order valence-corrected chi connectivity index (χ3v) is 5.61. The molecular formula is C17H15ClN4O4S. The number of aromatic nitrogens is 3. The summed E-state index contributed by atoms with van der Waals surface area (Å²) >= 11 is 5.75. The number of carbonyl (C=O) groups is 1. The van der Waals surface area contributed by atoms with Crippen LogP contribution in [0.15, 0.2) is 58.0 Å². The summed E-state index contributed by atoms with van der Waals surface area (Å²) < 4.78 is 29.8. The summed E-state index contributed by atoms with van der Waals surface area (Å²) in [5, 5.41) is 10.4. The zero-order valence-electron chi connectivity index (χ0n) is 14.0. The van der Waals surface area contributed by atoms with Crippen molar-refractivity contribution in [1.82, 2.24) is 15.2 Å². The Labute approximate surface area is 160 Å². The minimum atomic E-state index is -3.48. The Morgan fingerprint density at radius 2 is 1.89 bits per heavy atom. The van der Waals surface area contributed by atoms with Crippen LogP contribution in [-0.2, 0) is 14.6 Å². The first-order valence-electron chi connectivity index (χ1n) is 7.97. The van der Waals surface area contributed by atoms with Gasteiger partial charge in [0.05, 0.1) is 10.6 Å². The SMILES string of the molecule is O=C(CCCS(=O)(=O)c1ccc(Cl)cc1)Nc1nnc(-c2ccccn2)o1. The van der Waals surface area contributed by atoms with Crippen LogP contribution >= 0.6 is 11.6 Å². The van der Waals surface area contributed by atoms with E-state index in [2.05, 4.69) is 20.5 Å². The highest BCUT2D eigenvalue weighted by molar-refractivity contribution is 7.91. The van der Waals surface area contributed by atoms with E-state index in [1.165, 1.54) is 24.3 Å². The molecule has 0 saturated heterocycles. The van der Waals surface area contributed by atoms with Gasteiger partial charge in [-0.05, 0) is 42.8 Å². The number of benzene rings is 1. The highest BCUT2D eigenvalue weighted by atomic mass is 35.5. The van der Waals surface area contributed by atoms with E-state index in [0.29, 0.717) is 10.7 Å². The summed E-state index contributed by atoms with van der Waals surface area (Å²) in [7, 11) is -3.48. The number of pyridine rings is 1. The largest absolute Gasteiger partial charge is 0.401 e. The van der Waals surface area contributed by atoms with Gasteiger partial charge >= 0.3 is 6.01 Å². The molecule has 8 nitrogen and oxygen atoms in total. The molecule has 2 heterocycles. The first kappa shape index (κ1) is 19.0. The second-order valence-corrected chi connectivity index (χ2v) is 8.10. The zero-order chi connectivity index (χ0) is 19.3. The number of rotatable bonds is 7. The number of hydrogen-bond acceptors (Lipinski definition) is 7. The monoisotopic (exact) mass is 406 g/mol. The Kier molecular flexibility index (Phi) is 5.82. The van der Waals surface area contributed by atoms with E-state index in [0.717, 1.165) is 0 Å². The van der Waals surface area contributed by atoms with E-state index >= 15 is 0 Å². The van der Waals surface area contributed by atoms with Crippen LogP contribution in [0.4, 0.5) is 6.01 Å². The lowest BCUT2D eigenvalue weighted by atomic mass is 10.3. The molecule has 1 amide bonds. The van der Waals surface area contributed by atoms with E-state index in [1.54, 1.807) is 24.4 Å². The minimum Gasteiger partial charge on any atom is -0.401 e. The minimum absolute atomic E-state index is 0.00583. The molecule has 0 spiro atoms. The Bertz CT molecular complexity index is 1020. The Morgan fingerprint density at radius 3 is 2.59 bits per heavy atom. The van der Waals surface area contributed by atoms with Crippen LogP contribution in [0.2, 0.25) is 5.02 Å². The van der Waals surface area contributed by atoms with Crippen LogP contribution in [0.3, 0.4) is 0 Å². The molecule has 3 aromatic rings. The lowest BCUT2D eigenvalue weighted by molar-refractivity contribution is -0.116. The second-order valence-electron chi connectivity index (χ2n) is 5.55. The molecule has 0 aliphatic carbocycles. The standard InChI is InChI=1S/C17H15ClN4O4S/c18-12-6-8-13(9-7-12)27(24,25)11-3-5-15(23)20-17-22-21-16(26-17)14-4-1-2-10-19-14/h1-2,4,6-10H,3,5,11H2,(H,20,22,23). The predicted molar refractivity (Wildman–Crippen MR) is 98.9 cm³/mol. The molecule has 0 aliphatic heterocycles. The molecular weight excluding hydrogens is 392 g/mol. The van der Waals surface area contributed by atoms with Crippen molar-refractivity contribution in [3.8, 4) is 11.6 Å². The van der Waals surface area contributed by atoms with Gasteiger partial charge < -0.3 is 4.42 Å². The van der Waals surface area contributed by atoms with Gasteiger partial charge in [0, 0.05) is 17.6 Å². The van der Waals surface area contributed by atoms with Crippen LogP contribution in [0.5, 0.6) is 0 Å². The van der Waals surface area contributed by atoms with Crippen molar-refractivity contribution in [3.63, 3.8) is 0 Å². The number of carbonyl (C=O) groups excluding carboxylic acids is 1. The molecule has 140 valence electrons. The smallest absolute Gasteiger partial charge is 0.322 e. The fourth-order valence-corrected chi connectivity index (χ4v) is 3.67. The zero-order valence-corrected chi connectivity index (χ0v) is 15.6. The number of anilines is 1. The van der Waals surface area contributed by atoms with Gasteiger partial charge in [0.1, 0.15) is 5.69 Å². The molecule has 1 N–H and O–H groups in total. The maximum Gasteiger partial charge on any atom is 0.322 e. The van der Waals surface area contributed by atoms with Gasteiger partial charge in [0.25, 0.3) is 5.89 Å². The van der Waals surface area contributed by atoms with Gasteiger partial charge in [-0.15, -0.1) is 5.10 Å². The number of sulfone groups is 1. The van der Waals surface area contributed by atoms with E-state index in [9.17, 15) is 13.2 Å². The van der Waals surface area contributed by atoms with Crippen molar-refractivity contribution >= 4 is 33.4 Å². The molecule has 2 aromatic heterocycles. The molecule has 10 heteroatoms. The summed E-state index contributed by atoms with van der Waals surface area (Å²) in [6, 6.07) is 11.0. The molecule has 0 bridgehead atoms. The molecule has 0 aliphatic rings. The third-order valence-electron chi connectivity index (χ3n) is 3.55. The van der Waals surface area contributed by atoms with Crippen LogP contribution < -0.4 is 5.32 Å². The average molecular weight is 407 g/mol.